The molecule has 20 heavy (non-hydrogen) atoms. The number of hydrogen-bond acceptors (Lipinski definition) is 3. The molecule has 0 bridgehead atoms. The van der Waals surface area contributed by atoms with E-state index in [-0.39, 0.29) is 11.6 Å². The number of nitrogen functional groups attached to an aromatic ring is 1. The molecule has 1 aromatic carbocycles. The summed E-state index contributed by atoms with van der Waals surface area (Å²) in [5.74, 6) is -0.303. The second-order valence-electron chi connectivity index (χ2n) is 4.63. The molecule has 0 aliphatic carbocycles. The molecule has 6 heteroatoms. The van der Waals surface area contributed by atoms with Gasteiger partial charge in [-0.1, -0.05) is 35.3 Å². The largest absolute Gasteiger partial charge is 0.395 e. The predicted octanol–water partition coefficient (Wildman–Crippen LogP) is 3.27. The third-order valence-electron chi connectivity index (χ3n) is 3.05. The van der Waals surface area contributed by atoms with Crippen molar-refractivity contribution in [2.45, 2.75) is 26.7 Å². The van der Waals surface area contributed by atoms with Crippen LogP contribution >= 0.6 is 15.9 Å². The van der Waals surface area contributed by atoms with Gasteiger partial charge in [0.05, 0.1) is 11.4 Å². The fourth-order valence-corrected chi connectivity index (χ4v) is 2.27. The van der Waals surface area contributed by atoms with Crippen LogP contribution in [0.4, 0.5) is 11.4 Å². The summed E-state index contributed by atoms with van der Waals surface area (Å²) in [6, 6.07) is 5.70. The molecule has 2 aromatic rings. The second-order valence-corrected chi connectivity index (χ2v) is 5.54. The Hall–Kier alpha value is -1.82. The van der Waals surface area contributed by atoms with Gasteiger partial charge in [0.2, 0.25) is 0 Å². The number of benzene rings is 1. The van der Waals surface area contributed by atoms with Gasteiger partial charge in [0.15, 0.2) is 5.69 Å². The van der Waals surface area contributed by atoms with E-state index in [0.717, 1.165) is 34.3 Å². The molecule has 106 valence electrons. The molecule has 0 aliphatic heterocycles. The average Bonchev–Trinajstić information content (AvgIpc) is 2.76. The maximum absolute atomic E-state index is 12.2. The number of aryl methyl sites for hydroxylation is 2. The number of nitrogens with two attached hydrogens (primary N) is 1. The Labute approximate surface area is 126 Å². The van der Waals surface area contributed by atoms with E-state index in [1.54, 1.807) is 0 Å². The van der Waals surface area contributed by atoms with Crippen LogP contribution in [0, 0.1) is 6.92 Å². The predicted molar refractivity (Wildman–Crippen MR) is 83.8 cm³/mol. The van der Waals surface area contributed by atoms with E-state index < -0.39 is 0 Å². The molecule has 0 unspecified atom stereocenters. The first-order valence-electron chi connectivity index (χ1n) is 6.43. The molecule has 2 rings (SSSR count). The van der Waals surface area contributed by atoms with Gasteiger partial charge in [-0.15, -0.1) is 0 Å². The smallest absolute Gasteiger partial charge is 0.278 e. The van der Waals surface area contributed by atoms with Crippen molar-refractivity contribution < 1.29 is 4.79 Å². The second kappa shape index (κ2) is 6.09. The van der Waals surface area contributed by atoms with Crippen LogP contribution in [0.5, 0.6) is 0 Å². The van der Waals surface area contributed by atoms with Crippen LogP contribution in [0.2, 0.25) is 0 Å². The maximum Gasteiger partial charge on any atom is 0.278 e. The van der Waals surface area contributed by atoms with Crippen LogP contribution in [0.25, 0.3) is 0 Å². The summed E-state index contributed by atoms with van der Waals surface area (Å²) in [5, 5.41) is 9.66. The zero-order valence-corrected chi connectivity index (χ0v) is 13.0. The zero-order valence-electron chi connectivity index (χ0n) is 11.5. The normalized spacial score (nSPS) is 10.6. The van der Waals surface area contributed by atoms with Crippen molar-refractivity contribution in [2.75, 3.05) is 11.1 Å². The fourth-order valence-electron chi connectivity index (χ4n) is 1.91. The van der Waals surface area contributed by atoms with Gasteiger partial charge < -0.3 is 11.1 Å². The molecule has 1 heterocycles. The summed E-state index contributed by atoms with van der Waals surface area (Å²) in [5.41, 5.74) is 9.14. The van der Waals surface area contributed by atoms with Gasteiger partial charge in [0, 0.05) is 10.2 Å². The standard InChI is InChI=1S/C14H17BrN4O/c1-3-4-10-12(16)13(19-18-10)14(20)17-11-7-9(15)6-5-8(11)2/h5-7H,3-4,16H2,1-2H3,(H,17,20)(H,18,19). The molecule has 0 saturated carbocycles. The van der Waals surface area contributed by atoms with Crippen LogP contribution in [0.15, 0.2) is 22.7 Å². The number of carbonyl (C=O) groups is 1. The van der Waals surface area contributed by atoms with Crippen LogP contribution in [-0.2, 0) is 6.42 Å². The molecular weight excluding hydrogens is 320 g/mol. The van der Waals surface area contributed by atoms with Gasteiger partial charge in [-0.25, -0.2) is 0 Å². The Morgan fingerprint density at radius 2 is 2.25 bits per heavy atom. The first-order valence-corrected chi connectivity index (χ1v) is 7.22. The molecule has 0 spiro atoms. The minimum atomic E-state index is -0.303. The number of hydrogen-bond donors (Lipinski definition) is 3. The van der Waals surface area contributed by atoms with Crippen molar-refractivity contribution in [1.29, 1.82) is 0 Å². The number of anilines is 2. The lowest BCUT2D eigenvalue weighted by molar-refractivity contribution is 0.102. The number of amides is 1. The fraction of sp³-hybridized carbons (Fsp3) is 0.286. The summed E-state index contributed by atoms with van der Waals surface area (Å²) in [7, 11) is 0. The van der Waals surface area contributed by atoms with Gasteiger partial charge in [0.1, 0.15) is 0 Å². The van der Waals surface area contributed by atoms with Crippen molar-refractivity contribution in [2.24, 2.45) is 0 Å². The number of aromatic nitrogens is 2. The molecule has 0 radical (unpaired) electrons. The number of rotatable bonds is 4. The molecule has 0 aliphatic rings. The Kier molecular flexibility index (Phi) is 4.44. The lowest BCUT2D eigenvalue weighted by Crippen LogP contribution is -2.15. The van der Waals surface area contributed by atoms with E-state index in [1.165, 1.54) is 0 Å². The monoisotopic (exact) mass is 336 g/mol. The van der Waals surface area contributed by atoms with Crippen LogP contribution < -0.4 is 11.1 Å². The van der Waals surface area contributed by atoms with Crippen molar-refractivity contribution >= 4 is 33.2 Å². The highest BCUT2D eigenvalue weighted by Crippen LogP contribution is 2.22. The van der Waals surface area contributed by atoms with Crippen molar-refractivity contribution in [3.05, 3.63) is 39.6 Å². The average molecular weight is 337 g/mol. The maximum atomic E-state index is 12.2. The first kappa shape index (κ1) is 14.6. The van der Waals surface area contributed by atoms with Crippen molar-refractivity contribution in [1.82, 2.24) is 10.2 Å². The van der Waals surface area contributed by atoms with Crippen molar-refractivity contribution in [3.8, 4) is 0 Å². The van der Waals surface area contributed by atoms with Gasteiger partial charge in [0.25, 0.3) is 5.91 Å². The minimum Gasteiger partial charge on any atom is -0.395 e. The molecule has 0 atom stereocenters. The number of aromatic amines is 1. The first-order chi connectivity index (χ1) is 9.52. The summed E-state index contributed by atoms with van der Waals surface area (Å²) in [4.78, 5) is 12.2. The van der Waals surface area contributed by atoms with E-state index in [0.29, 0.717) is 5.69 Å². The summed E-state index contributed by atoms with van der Waals surface area (Å²) >= 11 is 3.38. The highest BCUT2D eigenvalue weighted by molar-refractivity contribution is 9.10. The van der Waals surface area contributed by atoms with Gasteiger partial charge in [-0.2, -0.15) is 5.10 Å². The Morgan fingerprint density at radius 3 is 2.95 bits per heavy atom. The van der Waals surface area contributed by atoms with E-state index in [9.17, 15) is 4.79 Å². The van der Waals surface area contributed by atoms with Gasteiger partial charge in [-0.3, -0.25) is 9.89 Å². The lowest BCUT2D eigenvalue weighted by Gasteiger charge is -2.08. The highest BCUT2D eigenvalue weighted by atomic mass is 79.9. The molecule has 5 nitrogen and oxygen atoms in total. The van der Waals surface area contributed by atoms with Crippen LogP contribution in [-0.4, -0.2) is 16.1 Å². The Bertz CT molecular complexity index is 636. The molecule has 4 N–H and O–H groups in total. The van der Waals surface area contributed by atoms with Crippen molar-refractivity contribution in [3.63, 3.8) is 0 Å². The van der Waals surface area contributed by atoms with Gasteiger partial charge >= 0.3 is 0 Å². The van der Waals surface area contributed by atoms with Crippen LogP contribution in [0.3, 0.4) is 0 Å². The number of H-pyrrole nitrogens is 1. The number of nitrogens with zero attached hydrogens (tertiary/aromatic N) is 1. The molecule has 1 aromatic heterocycles. The van der Waals surface area contributed by atoms with Gasteiger partial charge in [-0.05, 0) is 31.0 Å². The number of halogens is 1. The summed E-state index contributed by atoms with van der Waals surface area (Å²) in [6.45, 7) is 3.98. The van der Waals surface area contributed by atoms with Crippen LogP contribution in [0.1, 0.15) is 35.1 Å². The number of carbonyl (C=O) groups excluding carboxylic acids is 1. The zero-order chi connectivity index (χ0) is 14.7. The van der Waals surface area contributed by atoms with E-state index in [1.807, 2.05) is 32.0 Å². The van der Waals surface area contributed by atoms with E-state index in [2.05, 4.69) is 31.4 Å². The molecule has 0 fully saturated rings. The quantitative estimate of drug-likeness (QED) is 0.801. The topological polar surface area (TPSA) is 83.8 Å². The Balaban J connectivity index is 2.22. The third-order valence-corrected chi connectivity index (χ3v) is 3.54. The summed E-state index contributed by atoms with van der Waals surface area (Å²) < 4.78 is 0.903. The minimum absolute atomic E-state index is 0.243. The number of nitrogens with one attached hydrogen (secondary N) is 2. The summed E-state index contributed by atoms with van der Waals surface area (Å²) in [6.07, 6.45) is 1.72. The molecule has 1 amide bonds. The molecular formula is C14H17BrN4O. The van der Waals surface area contributed by atoms with E-state index >= 15 is 0 Å². The third kappa shape index (κ3) is 3.01. The Morgan fingerprint density at radius 1 is 1.50 bits per heavy atom. The SMILES string of the molecule is CCCc1[nH]nc(C(=O)Nc2cc(Br)ccc2C)c1N. The highest BCUT2D eigenvalue weighted by Gasteiger charge is 2.17. The molecule has 0 saturated heterocycles. The lowest BCUT2D eigenvalue weighted by atomic mass is 10.2. The van der Waals surface area contributed by atoms with E-state index in [4.69, 9.17) is 5.73 Å².